The highest BCUT2D eigenvalue weighted by Gasteiger charge is 2.21. The summed E-state index contributed by atoms with van der Waals surface area (Å²) >= 11 is 0. The first-order chi connectivity index (χ1) is 68.8. The van der Waals surface area contributed by atoms with Crippen molar-refractivity contribution in [3.63, 3.8) is 0 Å². The molecule has 1 N–H and O–H groups in total. The summed E-state index contributed by atoms with van der Waals surface area (Å²) in [6, 6.07) is 0. The molecular weight excluding hydrogens is 1830 g/mol. The van der Waals surface area contributed by atoms with Gasteiger partial charge in [0.1, 0.15) is 0 Å². The van der Waals surface area contributed by atoms with Gasteiger partial charge in [0.2, 0.25) is 0 Å². The van der Waals surface area contributed by atoms with E-state index in [1.807, 2.05) is 0 Å². The molecule has 0 aromatic carbocycles. The molecule has 0 amide bonds. The summed E-state index contributed by atoms with van der Waals surface area (Å²) in [6.07, 6.45) is 91.0. The average Bonchev–Trinajstić information content (AvgIpc) is 0.936. The number of carboxylic acids is 1. The maximum absolute atomic E-state index is 13.5. The second kappa shape index (κ2) is 115. The van der Waals surface area contributed by atoms with Crippen LogP contribution in [0.2, 0.25) is 0 Å². The van der Waals surface area contributed by atoms with Gasteiger partial charge in [0.25, 0.3) is 0 Å². The third kappa shape index (κ3) is 108. The van der Waals surface area contributed by atoms with Gasteiger partial charge in [-0.1, -0.05) is 508 Å². The maximum atomic E-state index is 13.5. The van der Waals surface area contributed by atoms with Crippen LogP contribution >= 0.6 is 43.2 Å². The smallest absolute Gasteiger partial charge is 0.307 e. The minimum atomic E-state index is -0.817. The van der Waals surface area contributed by atoms with E-state index in [1.165, 1.54) is 347 Å². The van der Waals surface area contributed by atoms with Crippen LogP contribution in [0, 0.1) is 0 Å². The van der Waals surface area contributed by atoms with Crippen molar-refractivity contribution in [2.45, 2.75) is 549 Å². The van der Waals surface area contributed by atoms with Crippen LogP contribution in [-0.4, -0.2) is 232 Å². The largest absolute Gasteiger partial charge is 0.481 e. The van der Waals surface area contributed by atoms with Crippen molar-refractivity contribution >= 4 is 85.0 Å². The second-order valence-electron chi connectivity index (χ2n) is 40.8. The highest BCUT2D eigenvalue weighted by atomic mass is 33.1. The molecule has 0 aliphatic heterocycles. The van der Waals surface area contributed by atoms with Crippen LogP contribution in [0.3, 0.4) is 0 Å². The molecule has 828 valence electrons. The molecule has 0 heterocycles. The van der Waals surface area contributed by atoms with Gasteiger partial charge in [-0.05, 0) is 38.5 Å². The third-order valence-corrected chi connectivity index (χ3v) is 32.3. The molecule has 0 aliphatic rings. The molecule has 0 saturated carbocycles. The number of unbranched alkanes of at least 4 members (excludes halogenated alkanes) is 66. The zero-order valence-corrected chi connectivity index (χ0v) is 95.9. The summed E-state index contributed by atoms with van der Waals surface area (Å²) < 4.78 is 35.0. The summed E-state index contributed by atoms with van der Waals surface area (Å²) in [5, 5.41) is 9.92. The van der Waals surface area contributed by atoms with E-state index in [0.717, 1.165) is 165 Å². The number of hydrogen-bond acceptors (Lipinski definition) is 22. The molecule has 0 atom stereocenters. The minimum Gasteiger partial charge on any atom is -0.481 e. The Labute approximate surface area is 880 Å². The molecule has 0 bridgehead atoms. The summed E-state index contributed by atoms with van der Waals surface area (Å²) in [5.41, 5.74) is 0. The number of esters is 6. The fraction of sp³-hybridized carbons (Fsp3) is 0.940. The van der Waals surface area contributed by atoms with Gasteiger partial charge in [0.05, 0.1) is 84.6 Å². The SMILES string of the molecule is CCCCCCCCCCCCCCOC(=O)CCN(CCSSCCN(CCSSCCN(CCC(=O)OCCCCCCCCCCCCCC)CCN(CCC(=O)OCCCCCCCCCCCCCC)CCC(=O)OCCCCCCCCCCCCCC)CCC(=O)O)CCN(CCC(=O)OCCCCCCCCCCCCCC)CCC(=O)OCCCCCCCCCCCCCC. The Balaban J connectivity index is 6.34. The van der Waals surface area contributed by atoms with Gasteiger partial charge >= 0.3 is 41.8 Å². The highest BCUT2D eigenvalue weighted by Crippen LogP contribution is 2.26. The zero-order valence-electron chi connectivity index (χ0n) is 92.7. The third-order valence-electron chi connectivity index (χ3n) is 27.6. The Kier molecular flexibility index (Phi) is 113. The summed E-state index contributed by atoms with van der Waals surface area (Å²) in [5.74, 6) is 1.18. The lowest BCUT2D eigenvalue weighted by Gasteiger charge is -2.27. The van der Waals surface area contributed by atoms with Crippen molar-refractivity contribution in [3.8, 4) is 0 Å². The van der Waals surface area contributed by atoms with Crippen molar-refractivity contribution < 1.29 is 67.1 Å². The fourth-order valence-corrected chi connectivity index (χ4v) is 22.2. The Morgan fingerprint density at radius 3 is 0.407 bits per heavy atom. The van der Waals surface area contributed by atoms with Crippen molar-refractivity contribution in [2.75, 3.05) is 161 Å². The first-order valence-corrected chi connectivity index (χ1v) is 65.0. The van der Waals surface area contributed by atoms with Crippen LogP contribution < -0.4 is 0 Å². The molecule has 0 aromatic rings. The molecule has 19 nitrogen and oxygen atoms in total. The van der Waals surface area contributed by atoms with E-state index >= 15 is 0 Å². The molecule has 0 unspecified atom stereocenters. The second-order valence-corrected chi connectivity index (χ2v) is 46.2. The molecule has 0 saturated heterocycles. The summed E-state index contributed by atoms with van der Waals surface area (Å²) in [4.78, 5) is 104. The number of hydrogen-bond donors (Lipinski definition) is 1. The van der Waals surface area contributed by atoms with Gasteiger partial charge in [-0.25, -0.2) is 0 Å². The van der Waals surface area contributed by atoms with E-state index in [-0.39, 0.29) is 80.8 Å². The minimum absolute atomic E-state index is 0.0554. The Hall–Kier alpha value is -2.51. The lowest BCUT2D eigenvalue weighted by Crippen LogP contribution is -2.39. The van der Waals surface area contributed by atoms with E-state index in [4.69, 9.17) is 28.4 Å². The van der Waals surface area contributed by atoms with Crippen LogP contribution in [0.4, 0.5) is 0 Å². The predicted molar refractivity (Wildman–Crippen MR) is 604 cm³/mol. The van der Waals surface area contributed by atoms with Crippen LogP contribution in [0.1, 0.15) is 549 Å². The molecule has 23 heteroatoms. The van der Waals surface area contributed by atoms with E-state index in [0.29, 0.717) is 112 Å². The summed E-state index contributed by atoms with van der Waals surface area (Å²) in [7, 11) is 7.16. The molecule has 0 aliphatic carbocycles. The van der Waals surface area contributed by atoms with Gasteiger partial charge in [0.15, 0.2) is 0 Å². The maximum Gasteiger partial charge on any atom is 0.307 e. The van der Waals surface area contributed by atoms with Gasteiger partial charge in [-0.2, -0.15) is 0 Å². The number of carbonyl (C=O) groups excluding carboxylic acids is 6. The number of aliphatic carboxylic acids is 1. The lowest BCUT2D eigenvalue weighted by atomic mass is 10.1. The normalized spacial score (nSPS) is 11.7. The fourth-order valence-electron chi connectivity index (χ4n) is 18.1. The molecule has 0 spiro atoms. The monoisotopic (exact) mass is 2050 g/mol. The van der Waals surface area contributed by atoms with Gasteiger partial charge in [-0.15, -0.1) is 0 Å². The van der Waals surface area contributed by atoms with Crippen LogP contribution in [0.5, 0.6) is 0 Å². The molecule has 0 fully saturated rings. The molecule has 0 radical (unpaired) electrons. The van der Waals surface area contributed by atoms with Crippen molar-refractivity contribution in [3.05, 3.63) is 0 Å². The quantitative estimate of drug-likeness (QED) is 0.0260. The Bertz CT molecular complexity index is 2380. The number of ether oxygens (including phenoxy) is 6. The first-order valence-electron chi connectivity index (χ1n) is 60.1. The van der Waals surface area contributed by atoms with E-state index in [2.05, 4.69) is 66.0 Å². The zero-order chi connectivity index (χ0) is 102. The predicted octanol–water partition coefficient (Wildman–Crippen LogP) is 32.5. The average molecular weight is 2060 g/mol. The highest BCUT2D eigenvalue weighted by molar-refractivity contribution is 8.77. The first kappa shape index (κ1) is 137. The number of carboxylic acid groups (broad SMARTS) is 1. The van der Waals surface area contributed by atoms with Crippen LogP contribution in [0.15, 0.2) is 0 Å². The Morgan fingerprint density at radius 1 is 0.157 bits per heavy atom. The van der Waals surface area contributed by atoms with Crippen LogP contribution in [0.25, 0.3) is 0 Å². The molecule has 0 rings (SSSR count). The molecular formula is C117H227N5O14S4. The van der Waals surface area contributed by atoms with Crippen molar-refractivity contribution in [2.24, 2.45) is 0 Å². The number of rotatable bonds is 119. The lowest BCUT2D eigenvalue weighted by molar-refractivity contribution is -0.146. The van der Waals surface area contributed by atoms with E-state index in [1.54, 1.807) is 43.2 Å². The van der Waals surface area contributed by atoms with E-state index < -0.39 is 5.97 Å². The standard InChI is InChI=1S/C117H227N5O14S4/c1-7-13-19-25-31-37-43-49-55-61-67-73-101-131-112(125)80-87-118(88-81-113(126)132-102-74-68-62-56-50-44-38-32-26-20-14-8-2)93-95-120(91-84-116(129)135-105-77-71-65-59-53-47-41-35-29-23-17-11-5)97-107-137-139-109-99-122(86-79-111(123)124)100-110-140-138-108-98-121(92-85-117(130)136-106-78-72-66-60-54-48-42-36-30-24-18-12-6)96-94-119(89-82-114(127)133-103-75-69-63-57-51-45-39-33-27-21-15-9-3)90-83-115(128)134-104-76-70-64-58-52-46-40-34-28-22-16-10-4/h7-110H2,1-6H3,(H,123,124). The molecule has 0 aromatic heterocycles. The van der Waals surface area contributed by atoms with Crippen LogP contribution in [-0.2, 0) is 62.0 Å². The van der Waals surface area contributed by atoms with Crippen molar-refractivity contribution in [1.82, 2.24) is 24.5 Å². The van der Waals surface area contributed by atoms with Gasteiger partial charge < -0.3 is 58.0 Å². The Morgan fingerprint density at radius 2 is 0.271 bits per heavy atom. The van der Waals surface area contributed by atoms with E-state index in [9.17, 15) is 38.7 Å². The number of nitrogens with zero attached hydrogens (tertiary/aromatic N) is 5. The topological polar surface area (TPSA) is 211 Å². The van der Waals surface area contributed by atoms with Gasteiger partial charge in [0, 0.05) is 121 Å². The van der Waals surface area contributed by atoms with Gasteiger partial charge in [-0.3, -0.25) is 33.6 Å². The van der Waals surface area contributed by atoms with Crippen molar-refractivity contribution in [1.29, 1.82) is 0 Å². The molecule has 140 heavy (non-hydrogen) atoms. The number of carbonyl (C=O) groups is 7. The summed E-state index contributed by atoms with van der Waals surface area (Å²) in [6.45, 7) is 24.9.